The molecule has 1 unspecified atom stereocenters. The molecule has 0 bridgehead atoms. The molecule has 1 atom stereocenters. The summed E-state index contributed by atoms with van der Waals surface area (Å²) in [5.74, 6) is -1.52. The predicted molar refractivity (Wildman–Crippen MR) is 263 cm³/mol. The first-order chi connectivity index (χ1) is 30.8. The quantitative estimate of drug-likeness (QED) is 0.0361. The highest BCUT2D eigenvalue weighted by atomic mass is 16.6. The van der Waals surface area contributed by atoms with E-state index >= 15 is 0 Å². The van der Waals surface area contributed by atoms with Crippen molar-refractivity contribution < 1.29 is 42.9 Å². The number of unbranched alkanes of at least 4 members (excludes halogenated alkanes) is 28. The van der Waals surface area contributed by atoms with Gasteiger partial charge in [-0.2, -0.15) is 0 Å². The van der Waals surface area contributed by atoms with E-state index in [0.717, 1.165) is 44.9 Å². The Bertz CT molecular complexity index is 1110. The van der Waals surface area contributed by atoms with Gasteiger partial charge in [-0.1, -0.05) is 194 Å². The summed E-state index contributed by atoms with van der Waals surface area (Å²) >= 11 is 0. The van der Waals surface area contributed by atoms with Crippen LogP contribution in [0.15, 0.2) is 0 Å². The highest BCUT2D eigenvalue weighted by molar-refractivity contribution is 5.78. The fourth-order valence-corrected chi connectivity index (χ4v) is 7.69. The van der Waals surface area contributed by atoms with Crippen molar-refractivity contribution in [3.8, 4) is 0 Å². The number of methoxy groups -OCH3 is 1. The van der Waals surface area contributed by atoms with Crippen LogP contribution in [0.5, 0.6) is 0 Å². The van der Waals surface area contributed by atoms with E-state index in [1.807, 2.05) is 27.7 Å². The summed E-state index contributed by atoms with van der Waals surface area (Å²) in [6, 6.07) is -0.665. The van der Waals surface area contributed by atoms with Crippen molar-refractivity contribution in [2.75, 3.05) is 33.5 Å². The molecule has 378 valence electrons. The third-order valence-corrected chi connectivity index (χ3v) is 12.5. The van der Waals surface area contributed by atoms with Crippen LogP contribution in [-0.2, 0) is 42.9 Å². The van der Waals surface area contributed by atoms with Crippen molar-refractivity contribution in [3.63, 3.8) is 0 Å². The lowest BCUT2D eigenvalue weighted by Gasteiger charge is -2.28. The van der Waals surface area contributed by atoms with Gasteiger partial charge in [-0.05, 0) is 47.0 Å². The Morgan fingerprint density at radius 2 is 0.734 bits per heavy atom. The van der Waals surface area contributed by atoms with Crippen molar-refractivity contribution in [2.45, 2.75) is 290 Å². The van der Waals surface area contributed by atoms with E-state index in [-0.39, 0.29) is 50.1 Å². The molecule has 0 aliphatic heterocycles. The molecule has 10 heteroatoms. The van der Waals surface area contributed by atoms with Crippen LogP contribution < -0.4 is 5.32 Å². The summed E-state index contributed by atoms with van der Waals surface area (Å²) in [7, 11) is 1.68. The summed E-state index contributed by atoms with van der Waals surface area (Å²) < 4.78 is 27.8. The Balaban J connectivity index is 4.56. The first kappa shape index (κ1) is 61.8. The zero-order valence-electron chi connectivity index (χ0n) is 43.0. The highest BCUT2D eigenvalue weighted by Crippen LogP contribution is 2.20. The van der Waals surface area contributed by atoms with Gasteiger partial charge in [-0.25, -0.2) is 0 Å². The largest absolute Gasteiger partial charge is 0.466 e. The Labute approximate surface area is 394 Å². The first-order valence-corrected chi connectivity index (χ1v) is 26.8. The molecule has 0 aromatic carbocycles. The highest BCUT2D eigenvalue weighted by Gasteiger charge is 2.23. The van der Waals surface area contributed by atoms with Gasteiger partial charge in [0, 0.05) is 26.4 Å². The van der Waals surface area contributed by atoms with Crippen molar-refractivity contribution in [3.05, 3.63) is 0 Å². The van der Waals surface area contributed by atoms with E-state index in [1.54, 1.807) is 7.11 Å². The molecule has 0 rings (SSSR count). The number of esters is 3. The number of carbonyl (C=O) groups is 4. The molecular formula is C54H103NO9. The number of carbonyl (C=O) groups excluding carboxylic acids is 4. The lowest BCUT2D eigenvalue weighted by molar-refractivity contribution is -0.153. The van der Waals surface area contributed by atoms with Gasteiger partial charge in [0.15, 0.2) is 0 Å². The maximum Gasteiger partial charge on any atom is 0.306 e. The van der Waals surface area contributed by atoms with Gasteiger partial charge in [0.2, 0.25) is 5.91 Å². The molecular weight excluding hydrogens is 807 g/mol. The summed E-state index contributed by atoms with van der Waals surface area (Å²) in [6.07, 6.45) is 39.4. The first-order valence-electron chi connectivity index (χ1n) is 26.8. The molecule has 0 spiro atoms. The van der Waals surface area contributed by atoms with E-state index in [0.29, 0.717) is 25.9 Å². The molecule has 0 aromatic heterocycles. The van der Waals surface area contributed by atoms with E-state index in [9.17, 15) is 19.2 Å². The molecule has 0 saturated heterocycles. The molecule has 0 aliphatic rings. The minimum atomic E-state index is -0.665. The zero-order valence-corrected chi connectivity index (χ0v) is 43.0. The van der Waals surface area contributed by atoms with Crippen molar-refractivity contribution in [2.24, 2.45) is 0 Å². The van der Waals surface area contributed by atoms with Crippen LogP contribution in [0.2, 0.25) is 0 Å². The third kappa shape index (κ3) is 43.7. The average molecular weight is 910 g/mol. The molecule has 64 heavy (non-hydrogen) atoms. The van der Waals surface area contributed by atoms with Crippen LogP contribution in [0.3, 0.4) is 0 Å². The monoisotopic (exact) mass is 910 g/mol. The Hall–Kier alpha value is -2.20. The van der Waals surface area contributed by atoms with Crippen molar-refractivity contribution in [1.82, 2.24) is 5.32 Å². The number of rotatable bonds is 48. The van der Waals surface area contributed by atoms with E-state index in [1.165, 1.54) is 154 Å². The summed E-state index contributed by atoms with van der Waals surface area (Å²) in [4.78, 5) is 50.7. The van der Waals surface area contributed by atoms with Crippen LogP contribution in [0.1, 0.15) is 273 Å². The van der Waals surface area contributed by atoms with Gasteiger partial charge in [-0.15, -0.1) is 0 Å². The van der Waals surface area contributed by atoms with Gasteiger partial charge in [-0.3, -0.25) is 19.2 Å². The predicted octanol–water partition coefficient (Wildman–Crippen LogP) is 14.4. The summed E-state index contributed by atoms with van der Waals surface area (Å²) in [5, 5.41) is 2.93. The number of amides is 1. The fraction of sp³-hybridized carbons (Fsp3) is 0.926. The van der Waals surface area contributed by atoms with Gasteiger partial charge >= 0.3 is 17.9 Å². The van der Waals surface area contributed by atoms with Crippen LogP contribution in [0.25, 0.3) is 0 Å². The zero-order chi connectivity index (χ0) is 47.4. The van der Waals surface area contributed by atoms with Gasteiger partial charge in [0.1, 0.15) is 13.2 Å². The van der Waals surface area contributed by atoms with E-state index in [4.69, 9.17) is 23.7 Å². The van der Waals surface area contributed by atoms with Crippen LogP contribution >= 0.6 is 0 Å². The Morgan fingerprint density at radius 3 is 1.12 bits per heavy atom. The third-order valence-electron chi connectivity index (χ3n) is 12.5. The second-order valence-electron chi connectivity index (χ2n) is 19.8. The Morgan fingerprint density at radius 1 is 0.406 bits per heavy atom. The number of ether oxygens (including phenoxy) is 5. The molecule has 0 heterocycles. The summed E-state index contributed by atoms with van der Waals surface area (Å²) in [6.45, 7) is 12.9. The van der Waals surface area contributed by atoms with Crippen molar-refractivity contribution >= 4 is 23.8 Å². The SMILES string of the molecule is CCCCCCCCCCCCCCCCCC(=O)NC(COC(=O)CCCCCCCCCCCCCCCCC)COC(=O)CCC(=O)OCCC(C)(C)OCCC(C)(C)OC. The Kier molecular flexibility index (Phi) is 41.9. The minimum Gasteiger partial charge on any atom is -0.466 e. The number of hydrogen-bond donors (Lipinski definition) is 1. The fourth-order valence-electron chi connectivity index (χ4n) is 7.69. The second kappa shape index (κ2) is 43.4. The van der Waals surface area contributed by atoms with Crippen molar-refractivity contribution in [1.29, 1.82) is 0 Å². The molecule has 0 aromatic rings. The maximum atomic E-state index is 12.9. The molecule has 0 fully saturated rings. The normalized spacial score (nSPS) is 12.3. The molecule has 0 aliphatic carbocycles. The maximum absolute atomic E-state index is 12.9. The number of hydrogen-bond acceptors (Lipinski definition) is 9. The van der Waals surface area contributed by atoms with Crippen LogP contribution in [-0.4, -0.2) is 74.6 Å². The average Bonchev–Trinajstić information content (AvgIpc) is 3.26. The van der Waals surface area contributed by atoms with Crippen LogP contribution in [0, 0.1) is 0 Å². The lowest BCUT2D eigenvalue weighted by atomic mass is 10.0. The van der Waals surface area contributed by atoms with E-state index < -0.39 is 23.6 Å². The molecule has 0 radical (unpaired) electrons. The topological polar surface area (TPSA) is 126 Å². The smallest absolute Gasteiger partial charge is 0.306 e. The van der Waals surface area contributed by atoms with Gasteiger partial charge in [0.05, 0.1) is 43.3 Å². The molecule has 0 saturated carbocycles. The molecule has 10 nitrogen and oxygen atoms in total. The standard InChI is InChI=1S/C54H103NO9/c1-8-10-12-14-16-18-20-22-24-26-28-30-32-34-36-38-49(56)55-48(46-62-50(57)39-37-35-33-31-29-27-25-23-21-19-17-15-13-11-9-2)47-63-52(59)41-40-51(58)61-44-42-54(5,6)64-45-43-53(3,4)60-7/h48H,8-47H2,1-7H3,(H,55,56). The number of nitrogens with one attached hydrogen (secondary N) is 1. The summed E-state index contributed by atoms with van der Waals surface area (Å²) in [5.41, 5.74) is -0.756. The molecule has 1 amide bonds. The van der Waals surface area contributed by atoms with Gasteiger partial charge < -0.3 is 29.0 Å². The van der Waals surface area contributed by atoms with Gasteiger partial charge in [0.25, 0.3) is 0 Å². The van der Waals surface area contributed by atoms with E-state index in [2.05, 4.69) is 19.2 Å². The lowest BCUT2D eigenvalue weighted by Crippen LogP contribution is -2.42. The second-order valence-corrected chi connectivity index (χ2v) is 19.8. The minimum absolute atomic E-state index is 0.0711. The van der Waals surface area contributed by atoms with Crippen LogP contribution in [0.4, 0.5) is 0 Å². The molecule has 1 N–H and O–H groups in total.